The van der Waals surface area contributed by atoms with Gasteiger partial charge in [-0.3, -0.25) is 27.5 Å². The summed E-state index contributed by atoms with van der Waals surface area (Å²) in [6.45, 7) is -2.33. The summed E-state index contributed by atoms with van der Waals surface area (Å²) in [7, 11) is -10.5. The van der Waals surface area contributed by atoms with Crippen LogP contribution in [0, 0.1) is 0 Å². The summed E-state index contributed by atoms with van der Waals surface area (Å²) in [4.78, 5) is 62.3. The fraction of sp³-hybridized carbons (Fsp3) is 0.178. The summed E-state index contributed by atoms with van der Waals surface area (Å²) >= 11 is 0. The summed E-state index contributed by atoms with van der Waals surface area (Å²) in [6.07, 6.45) is -5.78. The number of hydrogen-bond acceptors (Lipinski definition) is 17. The Kier molecular flexibility index (Phi) is 14.3. The van der Waals surface area contributed by atoms with E-state index in [-0.39, 0.29) is 23.7 Å². The first kappa shape index (κ1) is 46.8. The van der Waals surface area contributed by atoms with E-state index in [1.165, 1.54) is 48.5 Å². The van der Waals surface area contributed by atoms with E-state index in [1.54, 1.807) is 84.9 Å². The molecule has 3 heterocycles. The van der Waals surface area contributed by atoms with Crippen LogP contribution in [0.4, 0.5) is 0 Å². The molecule has 0 spiro atoms. The van der Waals surface area contributed by atoms with E-state index in [0.717, 1.165) is 21.4 Å². The van der Waals surface area contributed by atoms with Crippen LogP contribution in [0.15, 0.2) is 160 Å². The summed E-state index contributed by atoms with van der Waals surface area (Å²) in [5.74, 6) is -0.860. The van der Waals surface area contributed by atoms with Gasteiger partial charge in [0.15, 0.2) is 11.8 Å². The van der Waals surface area contributed by atoms with E-state index in [0.29, 0.717) is 33.2 Å². The van der Waals surface area contributed by atoms with Gasteiger partial charge in [0.2, 0.25) is 0 Å². The largest absolute Gasteiger partial charge is 0.484 e. The van der Waals surface area contributed by atoms with Gasteiger partial charge in [0.1, 0.15) is 35.5 Å². The Morgan fingerprint density at radius 3 is 1.78 bits per heavy atom. The zero-order valence-corrected chi connectivity index (χ0v) is 36.6. The number of esters is 2. The molecule has 0 saturated carbocycles. The third kappa shape index (κ3) is 11.5. The summed E-state index contributed by atoms with van der Waals surface area (Å²) in [6, 6.07) is 36.0. The molecule has 0 bridgehead atoms. The van der Waals surface area contributed by atoms with Crippen LogP contribution in [0.5, 0.6) is 11.5 Å². The number of fused-ring (bicyclic) bond motifs is 1. The molecule has 1 aliphatic rings. The molecule has 1 fully saturated rings. The summed E-state index contributed by atoms with van der Waals surface area (Å²) in [5, 5.41) is 26.4. The molecule has 8 rings (SSSR count). The number of nitrogens with zero attached hydrogens (tertiary/aromatic N) is 3. The Bertz CT molecular complexity index is 2970. The van der Waals surface area contributed by atoms with Crippen molar-refractivity contribution in [2.45, 2.75) is 44.3 Å². The van der Waals surface area contributed by atoms with Crippen molar-refractivity contribution in [3.05, 3.63) is 195 Å². The Hall–Kier alpha value is -6.67. The van der Waals surface area contributed by atoms with Gasteiger partial charge >= 0.3 is 33.3 Å². The molecule has 22 heteroatoms. The Morgan fingerprint density at radius 2 is 1.21 bits per heavy atom. The highest BCUT2D eigenvalue weighted by molar-refractivity contribution is 7.61. The molecular weight excluding hydrogens is 916 g/mol. The fourth-order valence-corrected chi connectivity index (χ4v) is 9.27. The van der Waals surface area contributed by atoms with E-state index in [2.05, 4.69) is 5.16 Å². The number of aliphatic hydroxyl groups is 2. The van der Waals surface area contributed by atoms with Gasteiger partial charge in [-0.1, -0.05) is 78.0 Å². The predicted molar refractivity (Wildman–Crippen MR) is 234 cm³/mol. The standard InChI is InChI=1S/C45H39N3O17P2/c49-39-23-24-47(45(54)48(39)25-36-35-13-7-8-14-37(35)64-46-36)42-41(51)40(50)38(63-42)28-58-66(55,56)65-67(57,59-26-29-15-19-33(20-16-29)61-43(52)31-9-3-1-4-10-31)60-27-30-17-21-34(22-18-30)62-44(53)32-11-5-2-6-12-32/h1-24,38,40-42,50-51H,25-28H2,(H,55,56)/t38-,40-,41-,42-/m1/s1. The molecule has 20 nitrogen and oxygen atoms in total. The second kappa shape index (κ2) is 20.5. The highest BCUT2D eigenvalue weighted by Gasteiger charge is 2.46. The summed E-state index contributed by atoms with van der Waals surface area (Å²) < 4.78 is 72.1. The maximum Gasteiger partial charge on any atom is 0.484 e. The third-order valence-corrected chi connectivity index (χ3v) is 13.1. The quantitative estimate of drug-likeness (QED) is 0.0511. The Labute approximate surface area is 379 Å². The van der Waals surface area contributed by atoms with Crippen LogP contribution in [-0.2, 0) is 51.5 Å². The van der Waals surface area contributed by atoms with Gasteiger partial charge in [-0.2, -0.15) is 4.31 Å². The molecule has 5 atom stereocenters. The first-order chi connectivity index (χ1) is 32.2. The van der Waals surface area contributed by atoms with Gasteiger partial charge in [-0.25, -0.2) is 23.5 Å². The minimum atomic E-state index is -5.46. The second-order valence-corrected chi connectivity index (χ2v) is 18.0. The van der Waals surface area contributed by atoms with Crippen molar-refractivity contribution in [2.24, 2.45) is 0 Å². The number of hydrogen-bond donors (Lipinski definition) is 3. The Balaban J connectivity index is 0.937. The number of ether oxygens (including phenoxy) is 3. The van der Waals surface area contributed by atoms with Crippen LogP contribution < -0.4 is 20.7 Å². The lowest BCUT2D eigenvalue weighted by Crippen LogP contribution is -2.43. The topological polar surface area (TPSA) is 264 Å². The number of phosphoric ester groups is 2. The number of rotatable bonds is 18. The van der Waals surface area contributed by atoms with Crippen molar-refractivity contribution in [1.82, 2.24) is 14.3 Å². The van der Waals surface area contributed by atoms with Crippen molar-refractivity contribution in [1.29, 1.82) is 0 Å². The lowest BCUT2D eigenvalue weighted by atomic mass is 10.1. The monoisotopic (exact) mass is 955 g/mol. The normalized spacial score (nSPS) is 18.1. The van der Waals surface area contributed by atoms with E-state index in [4.69, 9.17) is 36.6 Å². The number of carbonyl (C=O) groups is 2. The molecule has 5 aromatic carbocycles. The molecule has 0 aliphatic carbocycles. The third-order valence-electron chi connectivity index (χ3n) is 10.1. The molecular formula is C45H39N3O17P2. The number of benzene rings is 5. The molecule has 1 saturated heterocycles. The average Bonchev–Trinajstić information content (AvgIpc) is 3.88. The van der Waals surface area contributed by atoms with Crippen LogP contribution >= 0.6 is 15.6 Å². The van der Waals surface area contributed by atoms with Gasteiger partial charge in [0.05, 0.1) is 37.5 Å². The highest BCUT2D eigenvalue weighted by atomic mass is 31.3. The number of carbonyl (C=O) groups excluding carboxylic acids is 2. The average molecular weight is 956 g/mol. The Morgan fingerprint density at radius 1 is 0.672 bits per heavy atom. The van der Waals surface area contributed by atoms with Crippen molar-refractivity contribution < 1.29 is 70.4 Å². The zero-order chi connectivity index (χ0) is 47.1. The minimum Gasteiger partial charge on any atom is -0.423 e. The van der Waals surface area contributed by atoms with Crippen LogP contribution in [-0.4, -0.2) is 66.3 Å². The maximum absolute atomic E-state index is 14.1. The van der Waals surface area contributed by atoms with Gasteiger partial charge in [-0.15, -0.1) is 0 Å². The van der Waals surface area contributed by atoms with E-state index in [1.807, 2.05) is 0 Å². The number of para-hydroxylation sites is 1. The van der Waals surface area contributed by atoms with Crippen LogP contribution in [0.25, 0.3) is 11.0 Å². The molecule has 346 valence electrons. The van der Waals surface area contributed by atoms with Gasteiger partial charge in [-0.05, 0) is 71.8 Å². The smallest absolute Gasteiger partial charge is 0.423 e. The first-order valence-electron chi connectivity index (χ1n) is 20.2. The van der Waals surface area contributed by atoms with Crippen molar-refractivity contribution in [3.8, 4) is 11.5 Å². The first-order valence-corrected chi connectivity index (χ1v) is 23.2. The fourth-order valence-electron chi connectivity index (χ4n) is 6.67. The van der Waals surface area contributed by atoms with Crippen molar-refractivity contribution in [2.75, 3.05) is 6.61 Å². The molecule has 7 aromatic rings. The lowest BCUT2D eigenvalue weighted by Gasteiger charge is -2.22. The minimum absolute atomic E-state index is 0.176. The molecule has 0 amide bonds. The number of phosphoric acid groups is 2. The van der Waals surface area contributed by atoms with Gasteiger partial charge < -0.3 is 33.8 Å². The van der Waals surface area contributed by atoms with E-state index in [9.17, 15) is 43.4 Å². The van der Waals surface area contributed by atoms with E-state index < -0.39 is 83.2 Å². The summed E-state index contributed by atoms with van der Waals surface area (Å²) in [5.41, 5.74) is 0.350. The number of aromatic nitrogens is 3. The molecule has 2 aromatic heterocycles. The van der Waals surface area contributed by atoms with Crippen molar-refractivity contribution >= 4 is 38.6 Å². The van der Waals surface area contributed by atoms with Gasteiger partial charge in [0, 0.05) is 17.6 Å². The molecule has 1 unspecified atom stereocenters. The SMILES string of the molecule is O=C(Oc1ccc(COP(=O)(OCc2ccc(OC(=O)c3ccccc3)cc2)OP(=O)(O)OC[C@H]2O[C@@H](n3ccc(=O)n(Cc4noc5ccccc45)c3=O)[C@H](O)[C@@H]2O)cc1)c1ccccc1. The predicted octanol–water partition coefficient (Wildman–Crippen LogP) is 5.93. The van der Waals surface area contributed by atoms with Gasteiger partial charge in [0.25, 0.3) is 5.56 Å². The van der Waals surface area contributed by atoms with Crippen molar-refractivity contribution in [3.63, 3.8) is 0 Å². The zero-order valence-electron chi connectivity index (χ0n) is 34.8. The molecule has 0 radical (unpaired) electrons. The molecule has 67 heavy (non-hydrogen) atoms. The van der Waals surface area contributed by atoms with Crippen LogP contribution in [0.1, 0.15) is 43.8 Å². The maximum atomic E-state index is 14.1. The highest BCUT2D eigenvalue weighted by Crippen LogP contribution is 2.64. The molecule has 1 aliphatic heterocycles. The van der Waals surface area contributed by atoms with Crippen LogP contribution in [0.3, 0.4) is 0 Å². The molecule has 3 N–H and O–H groups in total. The lowest BCUT2D eigenvalue weighted by molar-refractivity contribution is -0.0549. The van der Waals surface area contributed by atoms with Crippen LogP contribution in [0.2, 0.25) is 0 Å². The van der Waals surface area contributed by atoms with E-state index >= 15 is 0 Å². The second-order valence-electron chi connectivity index (χ2n) is 14.7. The number of aliphatic hydroxyl groups excluding tert-OH is 2.